The van der Waals surface area contributed by atoms with Gasteiger partial charge in [0.1, 0.15) is 17.2 Å². The number of carbonyl (C=O) groups is 1. The second-order valence-corrected chi connectivity index (χ2v) is 8.18. The number of rotatable bonds is 8. The van der Waals surface area contributed by atoms with Gasteiger partial charge in [-0.05, 0) is 60.7 Å². The highest BCUT2D eigenvalue weighted by atomic mass is 16.5. The number of para-hydroxylation sites is 1. The molecule has 0 atom stereocenters. The Labute approximate surface area is 209 Å². The number of amides is 1. The highest BCUT2D eigenvalue weighted by Crippen LogP contribution is 2.24. The van der Waals surface area contributed by atoms with Crippen LogP contribution in [0.15, 0.2) is 91.0 Å². The van der Waals surface area contributed by atoms with E-state index >= 15 is 0 Å². The highest BCUT2D eigenvalue weighted by molar-refractivity contribution is 5.92. The molecule has 2 heterocycles. The molecule has 0 aliphatic carbocycles. The molecule has 1 amide bonds. The fourth-order valence-corrected chi connectivity index (χ4v) is 3.77. The van der Waals surface area contributed by atoms with Crippen LogP contribution in [0.5, 0.6) is 17.2 Å². The van der Waals surface area contributed by atoms with Crippen molar-refractivity contribution in [2.24, 2.45) is 0 Å². The van der Waals surface area contributed by atoms with Crippen LogP contribution in [0.3, 0.4) is 0 Å². The second-order valence-electron chi connectivity index (χ2n) is 8.18. The van der Waals surface area contributed by atoms with Crippen molar-refractivity contribution < 1.29 is 19.0 Å². The number of ether oxygens (including phenoxy) is 3. The van der Waals surface area contributed by atoms with Crippen molar-refractivity contribution in [3.63, 3.8) is 0 Å². The predicted molar refractivity (Wildman–Crippen MR) is 138 cm³/mol. The first-order valence-electron chi connectivity index (χ1n) is 11.8. The minimum Gasteiger partial charge on any atom is -0.484 e. The van der Waals surface area contributed by atoms with Crippen LogP contribution in [-0.2, 0) is 9.53 Å². The minimum absolute atomic E-state index is 0.114. The van der Waals surface area contributed by atoms with Gasteiger partial charge in [-0.15, -0.1) is 10.2 Å². The summed E-state index contributed by atoms with van der Waals surface area (Å²) < 4.78 is 16.8. The van der Waals surface area contributed by atoms with Gasteiger partial charge in [-0.1, -0.05) is 30.3 Å². The lowest BCUT2D eigenvalue weighted by Gasteiger charge is -2.27. The third-order valence-electron chi connectivity index (χ3n) is 5.60. The zero-order valence-electron chi connectivity index (χ0n) is 19.7. The van der Waals surface area contributed by atoms with Crippen LogP contribution in [-0.4, -0.2) is 49.0 Å². The zero-order valence-corrected chi connectivity index (χ0v) is 19.7. The lowest BCUT2D eigenvalue weighted by molar-refractivity contribution is -0.118. The van der Waals surface area contributed by atoms with Crippen molar-refractivity contribution in [2.45, 2.75) is 0 Å². The molecule has 8 heteroatoms. The van der Waals surface area contributed by atoms with E-state index in [2.05, 4.69) is 20.4 Å². The molecule has 0 bridgehead atoms. The maximum atomic E-state index is 12.5. The van der Waals surface area contributed by atoms with Crippen LogP contribution in [0, 0.1) is 0 Å². The van der Waals surface area contributed by atoms with Gasteiger partial charge in [-0.25, -0.2) is 0 Å². The first kappa shape index (κ1) is 23.3. The third kappa shape index (κ3) is 6.17. The number of hydrogen-bond donors (Lipinski definition) is 1. The standard InChI is InChI=1S/C28H26N4O4/c33-28(20-35-23-9-11-25(12-10-23)36-24-7-2-1-3-8-24)29-22-6-4-5-21(19-22)26-13-14-27(31-30-26)32-15-17-34-18-16-32/h1-14,19H,15-18,20H2,(H,29,33). The number of aromatic nitrogens is 2. The lowest BCUT2D eigenvalue weighted by atomic mass is 10.1. The van der Waals surface area contributed by atoms with Crippen LogP contribution >= 0.6 is 0 Å². The van der Waals surface area contributed by atoms with E-state index in [4.69, 9.17) is 14.2 Å². The molecule has 0 spiro atoms. The van der Waals surface area contributed by atoms with Gasteiger partial charge in [0.2, 0.25) is 0 Å². The summed E-state index contributed by atoms with van der Waals surface area (Å²) >= 11 is 0. The monoisotopic (exact) mass is 482 g/mol. The fraction of sp³-hybridized carbons (Fsp3) is 0.179. The summed E-state index contributed by atoms with van der Waals surface area (Å²) in [5.41, 5.74) is 2.26. The highest BCUT2D eigenvalue weighted by Gasteiger charge is 2.13. The van der Waals surface area contributed by atoms with Crippen molar-refractivity contribution in [1.29, 1.82) is 0 Å². The van der Waals surface area contributed by atoms with E-state index in [0.717, 1.165) is 35.9 Å². The van der Waals surface area contributed by atoms with E-state index in [1.165, 1.54) is 0 Å². The van der Waals surface area contributed by atoms with Gasteiger partial charge in [-0.3, -0.25) is 4.79 Å². The molecule has 1 aliphatic heterocycles. The number of nitrogens with zero attached hydrogens (tertiary/aromatic N) is 3. The molecule has 1 fully saturated rings. The smallest absolute Gasteiger partial charge is 0.262 e. The Morgan fingerprint density at radius 1 is 0.833 bits per heavy atom. The summed E-state index contributed by atoms with van der Waals surface area (Å²) in [5.74, 6) is 2.60. The average Bonchev–Trinajstić information content (AvgIpc) is 2.94. The van der Waals surface area contributed by atoms with Gasteiger partial charge in [0, 0.05) is 24.3 Å². The van der Waals surface area contributed by atoms with E-state index in [-0.39, 0.29) is 12.5 Å². The lowest BCUT2D eigenvalue weighted by Crippen LogP contribution is -2.36. The summed E-state index contributed by atoms with van der Waals surface area (Å²) in [6.45, 7) is 2.90. The zero-order chi connectivity index (χ0) is 24.6. The van der Waals surface area contributed by atoms with Gasteiger partial charge in [0.15, 0.2) is 12.4 Å². The number of anilines is 2. The van der Waals surface area contributed by atoms with E-state index < -0.39 is 0 Å². The summed E-state index contributed by atoms with van der Waals surface area (Å²) in [4.78, 5) is 14.6. The Bertz CT molecular complexity index is 1280. The normalized spacial score (nSPS) is 13.2. The topological polar surface area (TPSA) is 85.8 Å². The molecule has 1 N–H and O–H groups in total. The van der Waals surface area contributed by atoms with Crippen molar-refractivity contribution in [1.82, 2.24) is 10.2 Å². The van der Waals surface area contributed by atoms with Gasteiger partial charge in [-0.2, -0.15) is 0 Å². The Morgan fingerprint density at radius 2 is 1.58 bits per heavy atom. The number of carbonyl (C=O) groups excluding carboxylic acids is 1. The largest absolute Gasteiger partial charge is 0.484 e. The molecular formula is C28H26N4O4. The molecule has 4 aromatic rings. The molecule has 0 saturated carbocycles. The minimum atomic E-state index is -0.259. The summed E-state index contributed by atoms with van der Waals surface area (Å²) in [7, 11) is 0. The predicted octanol–water partition coefficient (Wildman–Crippen LogP) is 4.79. The average molecular weight is 483 g/mol. The Morgan fingerprint density at radius 3 is 2.33 bits per heavy atom. The maximum Gasteiger partial charge on any atom is 0.262 e. The molecule has 5 rings (SSSR count). The molecule has 8 nitrogen and oxygen atoms in total. The van der Waals surface area contributed by atoms with Gasteiger partial charge in [0.05, 0.1) is 18.9 Å². The number of nitrogens with one attached hydrogen (secondary N) is 1. The Hall–Kier alpha value is -4.43. The SMILES string of the molecule is O=C(COc1ccc(Oc2ccccc2)cc1)Nc1cccc(-c2ccc(N3CCOCC3)nn2)c1. The molecular weight excluding hydrogens is 456 g/mol. The first-order chi connectivity index (χ1) is 17.7. The van der Waals surface area contributed by atoms with Crippen LogP contribution in [0.25, 0.3) is 11.3 Å². The molecule has 1 aliphatic rings. The van der Waals surface area contributed by atoms with E-state index in [0.29, 0.717) is 30.4 Å². The maximum absolute atomic E-state index is 12.5. The second kappa shape index (κ2) is 11.3. The van der Waals surface area contributed by atoms with Gasteiger partial charge >= 0.3 is 0 Å². The van der Waals surface area contributed by atoms with Gasteiger partial charge < -0.3 is 24.4 Å². The number of morpholine rings is 1. The molecule has 0 radical (unpaired) electrons. The quantitative estimate of drug-likeness (QED) is 0.386. The summed E-state index contributed by atoms with van der Waals surface area (Å²) in [6.07, 6.45) is 0. The fourth-order valence-electron chi connectivity index (χ4n) is 3.77. The molecule has 1 aromatic heterocycles. The first-order valence-corrected chi connectivity index (χ1v) is 11.8. The number of benzene rings is 3. The van der Waals surface area contributed by atoms with E-state index in [9.17, 15) is 4.79 Å². The number of hydrogen-bond acceptors (Lipinski definition) is 7. The van der Waals surface area contributed by atoms with Crippen LogP contribution in [0.1, 0.15) is 0 Å². The van der Waals surface area contributed by atoms with E-state index in [1.807, 2.05) is 66.7 Å². The van der Waals surface area contributed by atoms with Crippen molar-refractivity contribution in [2.75, 3.05) is 43.1 Å². The molecule has 182 valence electrons. The van der Waals surface area contributed by atoms with Gasteiger partial charge in [0.25, 0.3) is 5.91 Å². The van der Waals surface area contributed by atoms with Crippen molar-refractivity contribution >= 4 is 17.4 Å². The van der Waals surface area contributed by atoms with Crippen LogP contribution in [0.2, 0.25) is 0 Å². The van der Waals surface area contributed by atoms with Crippen molar-refractivity contribution in [3.05, 3.63) is 91.0 Å². The van der Waals surface area contributed by atoms with Crippen LogP contribution < -0.4 is 19.7 Å². The molecule has 36 heavy (non-hydrogen) atoms. The summed E-state index contributed by atoms with van der Waals surface area (Å²) in [5, 5.41) is 11.6. The van der Waals surface area contributed by atoms with E-state index in [1.54, 1.807) is 24.3 Å². The Balaban J connectivity index is 1.14. The van der Waals surface area contributed by atoms with Crippen molar-refractivity contribution in [3.8, 4) is 28.5 Å². The Kier molecular flexibility index (Phi) is 7.34. The molecule has 1 saturated heterocycles. The summed E-state index contributed by atoms with van der Waals surface area (Å²) in [6, 6.07) is 28.1. The molecule has 3 aromatic carbocycles. The third-order valence-corrected chi connectivity index (χ3v) is 5.60. The van der Waals surface area contributed by atoms with Crippen LogP contribution in [0.4, 0.5) is 11.5 Å². The molecule has 0 unspecified atom stereocenters.